The molecule has 0 aliphatic carbocycles. The van der Waals surface area contributed by atoms with Gasteiger partial charge in [-0.3, -0.25) is 9.59 Å². The number of quaternary nitrogens is 1. The van der Waals surface area contributed by atoms with Gasteiger partial charge in [-0.05, 0) is 57.8 Å². The molecule has 2 atom stereocenters. The second-order valence-electron chi connectivity index (χ2n) is 18.8. The fourth-order valence-corrected chi connectivity index (χ4v) is 7.36. The molecule has 0 bridgehead atoms. The Hall–Kier alpha value is -2.23. The van der Waals surface area contributed by atoms with Crippen molar-refractivity contribution in [1.82, 2.24) is 0 Å². The maximum absolute atomic E-state index is 12.8. The molecule has 9 nitrogen and oxygen atoms in total. The molecular formula is C53H100NO8+. The number of rotatable bonds is 48. The van der Waals surface area contributed by atoms with Gasteiger partial charge in [-0.15, -0.1) is 0 Å². The Morgan fingerprint density at radius 3 is 1.26 bits per heavy atom. The number of nitrogens with zero attached hydrogens (tertiary/aromatic N) is 1. The third-order valence-corrected chi connectivity index (χ3v) is 11.4. The molecule has 0 aromatic rings. The predicted octanol–water partition coefficient (Wildman–Crippen LogP) is 14.4. The van der Waals surface area contributed by atoms with Crippen molar-refractivity contribution < 1.29 is 42.9 Å². The molecule has 62 heavy (non-hydrogen) atoms. The number of carboxylic acid groups (broad SMARTS) is 1. The van der Waals surface area contributed by atoms with Crippen LogP contribution in [-0.4, -0.2) is 87.4 Å². The first kappa shape index (κ1) is 59.8. The van der Waals surface area contributed by atoms with Crippen LogP contribution in [0.5, 0.6) is 0 Å². The number of aliphatic carboxylic acids is 1. The van der Waals surface area contributed by atoms with E-state index in [0.717, 1.165) is 64.2 Å². The van der Waals surface area contributed by atoms with Crippen LogP contribution < -0.4 is 0 Å². The van der Waals surface area contributed by atoms with E-state index in [1.165, 1.54) is 148 Å². The fraction of sp³-hybridized carbons (Fsp3) is 0.868. The van der Waals surface area contributed by atoms with Gasteiger partial charge in [-0.1, -0.05) is 192 Å². The maximum atomic E-state index is 12.8. The van der Waals surface area contributed by atoms with Crippen LogP contribution in [0, 0.1) is 0 Å². The van der Waals surface area contributed by atoms with E-state index in [1.807, 2.05) is 21.1 Å². The average molecular weight is 879 g/mol. The molecule has 0 rings (SSSR count). The van der Waals surface area contributed by atoms with Crippen molar-refractivity contribution in [2.45, 2.75) is 251 Å². The number of esters is 2. The van der Waals surface area contributed by atoms with Gasteiger partial charge in [-0.25, -0.2) is 4.79 Å². The minimum atomic E-state index is -1.51. The van der Waals surface area contributed by atoms with Gasteiger partial charge in [0, 0.05) is 12.8 Å². The standard InChI is InChI=1S/C53H99NO8/c1-6-8-10-12-14-16-18-19-20-21-22-23-24-25-26-27-28-29-30-31-32-33-34-36-38-40-42-44-51(56)62-49(48-61-53(52(57)58)59-46-45-54(3,4)5)47-60-50(55)43-41-39-37-35-17-15-13-11-9-7-2/h11,13,21-22,49,53H,6-10,12,14-20,23-48H2,1-5H3/p+1/b13-11-,22-21-. The molecule has 9 heteroatoms. The van der Waals surface area contributed by atoms with Crippen molar-refractivity contribution in [3.05, 3.63) is 24.3 Å². The van der Waals surface area contributed by atoms with Crippen LogP contribution in [0.1, 0.15) is 239 Å². The second kappa shape index (κ2) is 45.3. The molecule has 0 heterocycles. The van der Waals surface area contributed by atoms with Crippen molar-refractivity contribution in [2.75, 3.05) is 47.5 Å². The Balaban J connectivity index is 4.14. The van der Waals surface area contributed by atoms with Gasteiger partial charge < -0.3 is 28.5 Å². The summed E-state index contributed by atoms with van der Waals surface area (Å²) in [5.74, 6) is -2.01. The first-order valence-electron chi connectivity index (χ1n) is 26.0. The van der Waals surface area contributed by atoms with Gasteiger partial charge >= 0.3 is 17.9 Å². The SMILES string of the molecule is CCC/C=C\CCCCCCCC(=O)OCC(COC(OCC[N+](C)(C)C)C(=O)O)OC(=O)CCCCCCCCCCCCCCCCC/C=C\CCCCCCCCCC. The molecule has 0 aliphatic rings. The summed E-state index contributed by atoms with van der Waals surface area (Å²) in [6.45, 7) is 4.82. The van der Waals surface area contributed by atoms with Gasteiger partial charge in [0.1, 0.15) is 13.2 Å². The van der Waals surface area contributed by atoms with Gasteiger partial charge in [-0.2, -0.15) is 0 Å². The lowest BCUT2D eigenvalue weighted by molar-refractivity contribution is -0.870. The second-order valence-corrected chi connectivity index (χ2v) is 18.8. The van der Waals surface area contributed by atoms with E-state index < -0.39 is 24.3 Å². The Bertz CT molecular complexity index is 1070. The van der Waals surface area contributed by atoms with E-state index in [1.54, 1.807) is 0 Å². The fourth-order valence-electron chi connectivity index (χ4n) is 7.36. The van der Waals surface area contributed by atoms with Crippen LogP contribution in [0.3, 0.4) is 0 Å². The monoisotopic (exact) mass is 879 g/mol. The van der Waals surface area contributed by atoms with E-state index in [-0.39, 0.29) is 32.2 Å². The summed E-state index contributed by atoms with van der Waals surface area (Å²) < 4.78 is 22.7. The van der Waals surface area contributed by atoms with E-state index in [4.69, 9.17) is 18.9 Å². The minimum absolute atomic E-state index is 0.183. The quantitative estimate of drug-likeness (QED) is 0.0212. The third-order valence-electron chi connectivity index (χ3n) is 11.4. The minimum Gasteiger partial charge on any atom is -0.477 e. The predicted molar refractivity (Wildman–Crippen MR) is 258 cm³/mol. The highest BCUT2D eigenvalue weighted by Gasteiger charge is 2.25. The molecule has 0 fully saturated rings. The zero-order valence-electron chi connectivity index (χ0n) is 41.3. The lowest BCUT2D eigenvalue weighted by Gasteiger charge is -2.25. The molecule has 0 aromatic carbocycles. The van der Waals surface area contributed by atoms with E-state index in [0.29, 0.717) is 17.4 Å². The summed E-state index contributed by atoms with van der Waals surface area (Å²) in [4.78, 5) is 37.1. The number of carbonyl (C=O) groups excluding carboxylic acids is 2. The summed E-state index contributed by atoms with van der Waals surface area (Å²) in [7, 11) is 5.96. The highest BCUT2D eigenvalue weighted by molar-refractivity contribution is 5.71. The Kier molecular flexibility index (Phi) is 43.7. The Morgan fingerprint density at radius 1 is 0.468 bits per heavy atom. The molecular weight excluding hydrogens is 779 g/mol. The van der Waals surface area contributed by atoms with Crippen molar-refractivity contribution in [1.29, 1.82) is 0 Å². The van der Waals surface area contributed by atoms with E-state index in [2.05, 4.69) is 38.2 Å². The van der Waals surface area contributed by atoms with Gasteiger partial charge in [0.25, 0.3) is 6.29 Å². The summed E-state index contributed by atoms with van der Waals surface area (Å²) in [5, 5.41) is 9.64. The van der Waals surface area contributed by atoms with Crippen LogP contribution >= 0.6 is 0 Å². The first-order valence-corrected chi connectivity index (χ1v) is 26.0. The molecule has 0 aliphatic heterocycles. The molecule has 2 unspecified atom stereocenters. The normalized spacial score (nSPS) is 13.0. The van der Waals surface area contributed by atoms with Crippen LogP contribution in [0.2, 0.25) is 0 Å². The number of unbranched alkanes of at least 4 members (excludes halogenated alkanes) is 29. The lowest BCUT2D eigenvalue weighted by Crippen LogP contribution is -2.40. The number of carbonyl (C=O) groups is 3. The maximum Gasteiger partial charge on any atom is 0.361 e. The third kappa shape index (κ3) is 45.8. The molecule has 0 amide bonds. The van der Waals surface area contributed by atoms with Gasteiger partial charge in [0.05, 0.1) is 34.4 Å². The Labute approximate surface area is 382 Å². The summed E-state index contributed by atoms with van der Waals surface area (Å²) in [5.41, 5.74) is 0. The number of carboxylic acids is 1. The number of allylic oxidation sites excluding steroid dienone is 4. The molecule has 0 saturated carbocycles. The van der Waals surface area contributed by atoms with Crippen LogP contribution in [0.15, 0.2) is 24.3 Å². The Morgan fingerprint density at radius 2 is 0.855 bits per heavy atom. The number of ether oxygens (including phenoxy) is 4. The lowest BCUT2D eigenvalue weighted by atomic mass is 10.0. The van der Waals surface area contributed by atoms with Gasteiger partial charge in [0.2, 0.25) is 0 Å². The van der Waals surface area contributed by atoms with Crippen LogP contribution in [-0.2, 0) is 33.3 Å². The zero-order valence-corrected chi connectivity index (χ0v) is 41.3. The summed E-state index contributed by atoms with van der Waals surface area (Å²) in [6.07, 6.45) is 48.4. The molecule has 0 aromatic heterocycles. The smallest absolute Gasteiger partial charge is 0.361 e. The highest BCUT2D eigenvalue weighted by atomic mass is 16.7. The van der Waals surface area contributed by atoms with E-state index in [9.17, 15) is 19.5 Å². The van der Waals surface area contributed by atoms with Crippen molar-refractivity contribution in [3.63, 3.8) is 0 Å². The highest BCUT2D eigenvalue weighted by Crippen LogP contribution is 2.16. The van der Waals surface area contributed by atoms with Crippen molar-refractivity contribution >= 4 is 17.9 Å². The molecule has 0 radical (unpaired) electrons. The topological polar surface area (TPSA) is 108 Å². The number of likely N-dealkylation sites (N-methyl/N-ethyl adjacent to an activating group) is 1. The first-order chi connectivity index (χ1) is 30.1. The number of hydrogen-bond donors (Lipinski definition) is 1. The molecule has 364 valence electrons. The largest absolute Gasteiger partial charge is 0.477 e. The van der Waals surface area contributed by atoms with Gasteiger partial charge in [0.15, 0.2) is 6.10 Å². The van der Waals surface area contributed by atoms with Crippen molar-refractivity contribution in [3.8, 4) is 0 Å². The zero-order chi connectivity index (χ0) is 45.6. The molecule has 1 N–H and O–H groups in total. The van der Waals surface area contributed by atoms with Crippen LogP contribution in [0.25, 0.3) is 0 Å². The number of hydrogen-bond acceptors (Lipinski definition) is 7. The van der Waals surface area contributed by atoms with E-state index >= 15 is 0 Å². The summed E-state index contributed by atoms with van der Waals surface area (Å²) >= 11 is 0. The average Bonchev–Trinajstić information content (AvgIpc) is 3.23. The molecule has 0 spiro atoms. The van der Waals surface area contributed by atoms with Crippen molar-refractivity contribution in [2.24, 2.45) is 0 Å². The summed E-state index contributed by atoms with van der Waals surface area (Å²) in [6, 6.07) is 0. The molecule has 0 saturated heterocycles. The van der Waals surface area contributed by atoms with Crippen LogP contribution in [0.4, 0.5) is 0 Å².